The Balaban J connectivity index is 1.08. The molecule has 268 valence electrons. The van der Waals surface area contributed by atoms with Gasteiger partial charge in [-0.2, -0.15) is 0 Å². The van der Waals surface area contributed by atoms with Gasteiger partial charge in [0.25, 0.3) is 0 Å². The lowest BCUT2D eigenvalue weighted by Crippen LogP contribution is -2.43. The number of anilines is 2. The Morgan fingerprint density at radius 3 is 2.20 bits per heavy atom. The van der Waals surface area contributed by atoms with E-state index in [1.54, 1.807) is 12.1 Å². The zero-order valence-corrected chi connectivity index (χ0v) is 29.2. The van der Waals surface area contributed by atoms with Gasteiger partial charge in [-0.15, -0.1) is 6.58 Å². The molecule has 1 aliphatic heterocycles. The molecule has 3 aromatic rings. The van der Waals surface area contributed by atoms with Crippen LogP contribution in [0.3, 0.4) is 0 Å². The van der Waals surface area contributed by atoms with E-state index in [0.717, 1.165) is 67.4 Å². The number of benzene rings is 3. The van der Waals surface area contributed by atoms with Crippen molar-refractivity contribution in [1.82, 2.24) is 10.2 Å². The van der Waals surface area contributed by atoms with Crippen molar-refractivity contribution < 1.29 is 24.2 Å². The molecule has 5 rings (SSSR count). The number of amides is 2. The predicted octanol–water partition coefficient (Wildman–Crippen LogP) is 7.33. The van der Waals surface area contributed by atoms with Gasteiger partial charge in [0.1, 0.15) is 0 Å². The molecule has 1 aliphatic carbocycles. The summed E-state index contributed by atoms with van der Waals surface area (Å²) in [5, 5.41) is 15.4. The van der Waals surface area contributed by atoms with Gasteiger partial charge < -0.3 is 30.9 Å². The lowest BCUT2D eigenvalue weighted by molar-refractivity contribution is -0.253. The third-order valence-electron chi connectivity index (χ3n) is 9.79. The lowest BCUT2D eigenvalue weighted by Gasteiger charge is -2.39. The van der Waals surface area contributed by atoms with E-state index in [4.69, 9.17) is 15.2 Å². The molecule has 3 atom stereocenters. The third kappa shape index (κ3) is 11.3. The van der Waals surface area contributed by atoms with Crippen LogP contribution in [0.1, 0.15) is 105 Å². The monoisotopic (exact) mass is 682 g/mol. The second-order valence-corrected chi connectivity index (χ2v) is 13.6. The molecular formula is C41H54N4O5. The Morgan fingerprint density at radius 1 is 0.860 bits per heavy atom. The number of ether oxygens (including phenoxy) is 2. The number of nitrogens with zero attached hydrogens (tertiary/aromatic N) is 1. The number of hydrogen-bond donors (Lipinski definition) is 4. The van der Waals surface area contributed by atoms with Crippen molar-refractivity contribution in [3.8, 4) is 0 Å². The van der Waals surface area contributed by atoms with Crippen LogP contribution in [-0.2, 0) is 32.2 Å². The molecule has 0 unspecified atom stereocenters. The average molecular weight is 683 g/mol. The lowest BCUT2D eigenvalue weighted by atomic mass is 9.99. The summed E-state index contributed by atoms with van der Waals surface area (Å²) in [5.74, 6) is -0.0227. The molecule has 2 aliphatic rings. The fraction of sp³-hybridized carbons (Fsp3) is 0.463. The van der Waals surface area contributed by atoms with E-state index in [-0.39, 0.29) is 30.6 Å². The van der Waals surface area contributed by atoms with Crippen LogP contribution in [0.2, 0.25) is 0 Å². The van der Waals surface area contributed by atoms with Crippen LogP contribution in [0, 0.1) is 0 Å². The number of nitrogen functional groups attached to an aromatic ring is 1. The van der Waals surface area contributed by atoms with E-state index in [1.807, 2.05) is 66.7 Å². The maximum Gasteiger partial charge on any atom is 0.224 e. The zero-order valence-electron chi connectivity index (χ0n) is 29.2. The number of aliphatic hydroxyl groups excluding tert-OH is 1. The van der Waals surface area contributed by atoms with Crippen LogP contribution >= 0.6 is 0 Å². The quantitative estimate of drug-likeness (QED) is 0.0629. The minimum Gasteiger partial charge on any atom is -0.397 e. The molecule has 9 heteroatoms. The summed E-state index contributed by atoms with van der Waals surface area (Å²) in [6.07, 6.45) is 11.3. The number of rotatable bonds is 18. The molecule has 1 saturated carbocycles. The Labute approximate surface area is 297 Å². The van der Waals surface area contributed by atoms with Gasteiger partial charge in [0.05, 0.1) is 30.2 Å². The van der Waals surface area contributed by atoms with E-state index in [2.05, 4.69) is 22.1 Å². The van der Waals surface area contributed by atoms with Crippen molar-refractivity contribution in [2.75, 3.05) is 24.1 Å². The first-order valence-corrected chi connectivity index (χ1v) is 18.3. The first-order chi connectivity index (χ1) is 24.4. The van der Waals surface area contributed by atoms with Crippen LogP contribution in [0.25, 0.3) is 0 Å². The predicted molar refractivity (Wildman–Crippen MR) is 198 cm³/mol. The van der Waals surface area contributed by atoms with Crippen molar-refractivity contribution in [2.45, 2.75) is 108 Å². The normalized spacial score (nSPS) is 19.4. The van der Waals surface area contributed by atoms with Crippen molar-refractivity contribution in [3.05, 3.63) is 108 Å². The highest BCUT2D eigenvalue weighted by molar-refractivity contribution is 5.93. The zero-order chi connectivity index (χ0) is 35.1. The summed E-state index contributed by atoms with van der Waals surface area (Å²) in [6, 6.07) is 23.9. The first-order valence-electron chi connectivity index (χ1n) is 18.3. The molecule has 0 spiro atoms. The summed E-state index contributed by atoms with van der Waals surface area (Å²) in [6.45, 7) is 6.15. The van der Waals surface area contributed by atoms with Gasteiger partial charge >= 0.3 is 0 Å². The van der Waals surface area contributed by atoms with Gasteiger partial charge in [-0.05, 0) is 54.5 Å². The Kier molecular flexibility index (Phi) is 14.4. The SMILES string of the molecule is C=CCN(C[C@@H]1C[C@H](c2ccc(CO)cc2)O[C@H](c2ccc(CNC(=O)CCCCCCC(=O)Nc3ccccc3N)cc2)O1)C1CCCC1. The number of aliphatic hydroxyl groups is 1. The topological polar surface area (TPSA) is 126 Å². The minimum absolute atomic E-state index is 0.0124. The molecule has 5 N–H and O–H groups in total. The van der Waals surface area contributed by atoms with Crippen LogP contribution in [-0.4, -0.2) is 47.1 Å². The van der Waals surface area contributed by atoms with Gasteiger partial charge in [0.15, 0.2) is 6.29 Å². The molecule has 1 heterocycles. The van der Waals surface area contributed by atoms with E-state index in [1.165, 1.54) is 25.7 Å². The van der Waals surface area contributed by atoms with Gasteiger partial charge in [-0.1, -0.05) is 92.4 Å². The molecule has 0 radical (unpaired) electrons. The fourth-order valence-electron chi connectivity index (χ4n) is 6.93. The molecular weight excluding hydrogens is 628 g/mol. The summed E-state index contributed by atoms with van der Waals surface area (Å²) in [4.78, 5) is 27.2. The van der Waals surface area contributed by atoms with Crippen LogP contribution < -0.4 is 16.4 Å². The highest BCUT2D eigenvalue weighted by atomic mass is 16.7. The van der Waals surface area contributed by atoms with Crippen molar-refractivity contribution in [1.29, 1.82) is 0 Å². The molecule has 2 amide bonds. The number of para-hydroxylation sites is 2. The number of nitrogens with one attached hydrogen (secondary N) is 2. The second-order valence-electron chi connectivity index (χ2n) is 13.6. The minimum atomic E-state index is -0.517. The van der Waals surface area contributed by atoms with E-state index >= 15 is 0 Å². The van der Waals surface area contributed by atoms with Crippen molar-refractivity contribution >= 4 is 23.2 Å². The molecule has 9 nitrogen and oxygen atoms in total. The van der Waals surface area contributed by atoms with E-state index in [0.29, 0.717) is 36.8 Å². The maximum atomic E-state index is 12.5. The highest BCUT2D eigenvalue weighted by Crippen LogP contribution is 2.39. The molecule has 3 aromatic carbocycles. The van der Waals surface area contributed by atoms with Gasteiger partial charge in [-0.3, -0.25) is 14.5 Å². The third-order valence-corrected chi connectivity index (χ3v) is 9.79. The molecule has 50 heavy (non-hydrogen) atoms. The Morgan fingerprint density at radius 2 is 1.52 bits per heavy atom. The van der Waals surface area contributed by atoms with E-state index < -0.39 is 6.29 Å². The smallest absolute Gasteiger partial charge is 0.224 e. The average Bonchev–Trinajstić information content (AvgIpc) is 3.68. The molecule has 1 saturated heterocycles. The molecule has 2 fully saturated rings. The summed E-state index contributed by atoms with van der Waals surface area (Å²) < 4.78 is 13.2. The van der Waals surface area contributed by atoms with Gasteiger partial charge in [0.2, 0.25) is 11.8 Å². The summed E-state index contributed by atoms with van der Waals surface area (Å²) >= 11 is 0. The van der Waals surface area contributed by atoms with E-state index in [9.17, 15) is 14.7 Å². The number of carbonyl (C=O) groups is 2. The highest BCUT2D eigenvalue weighted by Gasteiger charge is 2.34. The van der Waals surface area contributed by atoms with Crippen LogP contribution in [0.5, 0.6) is 0 Å². The number of carbonyl (C=O) groups excluding carboxylic acids is 2. The van der Waals surface area contributed by atoms with Crippen LogP contribution in [0.15, 0.2) is 85.5 Å². The first kappa shape index (κ1) is 37.2. The fourth-order valence-corrected chi connectivity index (χ4v) is 6.93. The number of hydrogen-bond acceptors (Lipinski definition) is 7. The number of unbranched alkanes of at least 4 members (excludes halogenated alkanes) is 3. The molecule has 0 aromatic heterocycles. The standard InChI is InChI=1S/C41H54N4O5/c1-2-25-45(34-11-7-8-12-34)28-35-26-38(32-21-19-31(29-46)20-22-32)50-41(49-35)33-23-17-30(18-24-33)27-43-39(47)15-5-3-4-6-16-40(48)44-37-14-10-9-13-36(37)42/h2,9-10,13-14,17-24,34-35,38,41,46H,1,3-8,11-12,15-16,25-29,42H2,(H,43,47)(H,44,48)/t35-,38+,41+/m0/s1. The second kappa shape index (κ2) is 19.4. The Bertz CT molecular complexity index is 1510. The summed E-state index contributed by atoms with van der Waals surface area (Å²) in [7, 11) is 0. The van der Waals surface area contributed by atoms with Crippen molar-refractivity contribution in [2.24, 2.45) is 0 Å². The summed E-state index contributed by atoms with van der Waals surface area (Å²) in [5.41, 5.74) is 11.0. The Hall–Kier alpha value is -4.02. The van der Waals surface area contributed by atoms with Gasteiger partial charge in [-0.25, -0.2) is 0 Å². The van der Waals surface area contributed by atoms with Crippen LogP contribution in [0.4, 0.5) is 11.4 Å². The maximum absolute atomic E-state index is 12.5. The van der Waals surface area contributed by atoms with Gasteiger partial charge in [0, 0.05) is 50.5 Å². The number of nitrogens with two attached hydrogens (primary N) is 1. The van der Waals surface area contributed by atoms with Crippen molar-refractivity contribution in [3.63, 3.8) is 0 Å². The molecule has 0 bridgehead atoms. The largest absolute Gasteiger partial charge is 0.397 e.